The highest BCUT2D eigenvalue weighted by atomic mass is 19.1. The second kappa shape index (κ2) is 5.45. The molecule has 0 heterocycles. The minimum atomic E-state index is -0.407. The highest BCUT2D eigenvalue weighted by molar-refractivity contribution is 5.94. The predicted octanol–water partition coefficient (Wildman–Crippen LogP) is 3.32. The first-order chi connectivity index (χ1) is 8.66. The van der Waals surface area contributed by atoms with Crippen molar-refractivity contribution in [1.29, 1.82) is 0 Å². The number of rotatable bonds is 3. The van der Waals surface area contributed by atoms with Crippen LogP contribution in [0.15, 0.2) is 54.6 Å². The first-order valence-electron chi connectivity index (χ1n) is 5.78. The third-order valence-electron chi connectivity index (χ3n) is 2.73. The highest BCUT2D eigenvalue weighted by Gasteiger charge is 2.11. The lowest BCUT2D eigenvalue weighted by Gasteiger charge is -2.14. The van der Waals surface area contributed by atoms with Crippen molar-refractivity contribution in [2.75, 3.05) is 0 Å². The molecule has 3 heteroatoms. The van der Waals surface area contributed by atoms with E-state index in [1.54, 1.807) is 6.07 Å². The Bertz CT molecular complexity index is 539. The average molecular weight is 243 g/mol. The van der Waals surface area contributed by atoms with Gasteiger partial charge in [0.05, 0.1) is 6.04 Å². The molecule has 92 valence electrons. The van der Waals surface area contributed by atoms with Gasteiger partial charge in [0, 0.05) is 5.56 Å². The van der Waals surface area contributed by atoms with Gasteiger partial charge in [-0.05, 0) is 30.7 Å². The van der Waals surface area contributed by atoms with Crippen LogP contribution < -0.4 is 5.32 Å². The quantitative estimate of drug-likeness (QED) is 0.880. The molecule has 2 aromatic carbocycles. The van der Waals surface area contributed by atoms with Crippen LogP contribution in [0.3, 0.4) is 0 Å². The minimum absolute atomic E-state index is 0.109. The summed E-state index contributed by atoms with van der Waals surface area (Å²) in [5.74, 6) is -0.680. The number of amides is 1. The number of benzene rings is 2. The van der Waals surface area contributed by atoms with Crippen molar-refractivity contribution in [2.45, 2.75) is 13.0 Å². The summed E-state index contributed by atoms with van der Waals surface area (Å²) in [5, 5.41) is 2.83. The molecule has 2 rings (SSSR count). The monoisotopic (exact) mass is 243 g/mol. The van der Waals surface area contributed by atoms with E-state index in [1.807, 2.05) is 37.3 Å². The number of nitrogens with one attached hydrogen (secondary N) is 1. The van der Waals surface area contributed by atoms with E-state index >= 15 is 0 Å². The van der Waals surface area contributed by atoms with Gasteiger partial charge in [-0.15, -0.1) is 0 Å². The van der Waals surface area contributed by atoms with Crippen molar-refractivity contribution in [3.63, 3.8) is 0 Å². The highest BCUT2D eigenvalue weighted by Crippen LogP contribution is 2.12. The van der Waals surface area contributed by atoms with Crippen molar-refractivity contribution >= 4 is 5.91 Å². The molecule has 0 bridgehead atoms. The van der Waals surface area contributed by atoms with Gasteiger partial charge in [-0.1, -0.05) is 36.4 Å². The minimum Gasteiger partial charge on any atom is -0.346 e. The molecule has 0 aliphatic heterocycles. The molecule has 0 spiro atoms. The molecule has 18 heavy (non-hydrogen) atoms. The van der Waals surface area contributed by atoms with Crippen LogP contribution in [0.25, 0.3) is 0 Å². The van der Waals surface area contributed by atoms with Crippen molar-refractivity contribution in [3.8, 4) is 0 Å². The normalized spacial score (nSPS) is 11.9. The fourth-order valence-electron chi connectivity index (χ4n) is 1.73. The maximum atomic E-state index is 13.0. The Labute approximate surface area is 105 Å². The van der Waals surface area contributed by atoms with Gasteiger partial charge in [-0.25, -0.2) is 4.39 Å². The fourth-order valence-corrected chi connectivity index (χ4v) is 1.73. The van der Waals surface area contributed by atoms with Gasteiger partial charge in [0.2, 0.25) is 0 Å². The van der Waals surface area contributed by atoms with E-state index in [4.69, 9.17) is 0 Å². The third-order valence-corrected chi connectivity index (χ3v) is 2.73. The molecule has 0 saturated carbocycles. The van der Waals surface area contributed by atoms with E-state index in [-0.39, 0.29) is 11.9 Å². The SMILES string of the molecule is C[C@@H](NC(=O)c1cccc(F)c1)c1ccccc1. The van der Waals surface area contributed by atoms with Crippen LogP contribution in [0.4, 0.5) is 4.39 Å². The lowest BCUT2D eigenvalue weighted by Crippen LogP contribution is -2.26. The topological polar surface area (TPSA) is 29.1 Å². The van der Waals surface area contributed by atoms with Crippen molar-refractivity contribution in [1.82, 2.24) is 5.32 Å². The average Bonchev–Trinajstić information content (AvgIpc) is 2.39. The summed E-state index contributed by atoms with van der Waals surface area (Å²) >= 11 is 0. The van der Waals surface area contributed by atoms with Crippen LogP contribution >= 0.6 is 0 Å². The molecule has 2 nitrogen and oxygen atoms in total. The summed E-state index contributed by atoms with van der Waals surface area (Å²) < 4.78 is 13.0. The van der Waals surface area contributed by atoms with E-state index in [2.05, 4.69) is 5.32 Å². The molecule has 0 aliphatic carbocycles. The zero-order valence-electron chi connectivity index (χ0n) is 10.1. The van der Waals surface area contributed by atoms with Crippen LogP contribution in [0.5, 0.6) is 0 Å². The number of hydrogen-bond acceptors (Lipinski definition) is 1. The Balaban J connectivity index is 2.08. The van der Waals surface area contributed by atoms with Gasteiger partial charge < -0.3 is 5.32 Å². The van der Waals surface area contributed by atoms with Gasteiger partial charge >= 0.3 is 0 Å². The zero-order chi connectivity index (χ0) is 13.0. The second-order valence-electron chi connectivity index (χ2n) is 4.12. The fraction of sp³-hybridized carbons (Fsp3) is 0.133. The summed E-state index contributed by atoms with van der Waals surface area (Å²) in [6, 6.07) is 15.2. The number of hydrogen-bond donors (Lipinski definition) is 1. The van der Waals surface area contributed by atoms with E-state index < -0.39 is 5.82 Å². The van der Waals surface area contributed by atoms with Gasteiger partial charge in [0.1, 0.15) is 5.82 Å². The summed E-state index contributed by atoms with van der Waals surface area (Å²) in [4.78, 5) is 11.9. The maximum Gasteiger partial charge on any atom is 0.251 e. The van der Waals surface area contributed by atoms with E-state index in [1.165, 1.54) is 18.2 Å². The largest absolute Gasteiger partial charge is 0.346 e. The number of halogens is 1. The molecule has 0 unspecified atom stereocenters. The Kier molecular flexibility index (Phi) is 3.72. The number of carbonyl (C=O) groups is 1. The summed E-state index contributed by atoms with van der Waals surface area (Å²) in [6.07, 6.45) is 0. The third kappa shape index (κ3) is 2.94. The summed E-state index contributed by atoms with van der Waals surface area (Å²) in [5.41, 5.74) is 1.35. The molecular formula is C15H14FNO. The first kappa shape index (κ1) is 12.3. The van der Waals surface area contributed by atoms with Gasteiger partial charge in [-0.2, -0.15) is 0 Å². The molecule has 1 amide bonds. The molecule has 0 radical (unpaired) electrons. The number of carbonyl (C=O) groups excluding carboxylic acids is 1. The Morgan fingerprint density at radius 1 is 1.11 bits per heavy atom. The van der Waals surface area contributed by atoms with Crippen molar-refractivity contribution < 1.29 is 9.18 Å². The van der Waals surface area contributed by atoms with Gasteiger partial charge in [0.15, 0.2) is 0 Å². The molecule has 0 aliphatic rings. The Hall–Kier alpha value is -2.16. The van der Waals surface area contributed by atoms with E-state index in [9.17, 15) is 9.18 Å². The van der Waals surface area contributed by atoms with Crippen LogP contribution in [-0.2, 0) is 0 Å². The van der Waals surface area contributed by atoms with Crippen LogP contribution in [0.2, 0.25) is 0 Å². The molecule has 0 saturated heterocycles. The molecule has 0 aromatic heterocycles. The lowest BCUT2D eigenvalue weighted by molar-refractivity contribution is 0.0939. The predicted molar refractivity (Wildman–Crippen MR) is 68.7 cm³/mol. The first-order valence-corrected chi connectivity index (χ1v) is 5.78. The standard InChI is InChI=1S/C15H14FNO/c1-11(12-6-3-2-4-7-12)17-15(18)13-8-5-9-14(16)10-13/h2-11H,1H3,(H,17,18)/t11-/m1/s1. The van der Waals surface area contributed by atoms with E-state index in [0.29, 0.717) is 5.56 Å². The van der Waals surface area contributed by atoms with Crippen LogP contribution in [0.1, 0.15) is 28.9 Å². The summed E-state index contributed by atoms with van der Waals surface area (Å²) in [6.45, 7) is 1.90. The van der Waals surface area contributed by atoms with Crippen LogP contribution in [-0.4, -0.2) is 5.91 Å². The molecular weight excluding hydrogens is 229 g/mol. The molecule has 0 fully saturated rings. The summed E-state index contributed by atoms with van der Waals surface area (Å²) in [7, 11) is 0. The molecule has 1 N–H and O–H groups in total. The van der Waals surface area contributed by atoms with Crippen molar-refractivity contribution in [3.05, 3.63) is 71.5 Å². The second-order valence-corrected chi connectivity index (χ2v) is 4.12. The lowest BCUT2D eigenvalue weighted by atomic mass is 10.1. The molecule has 2 aromatic rings. The van der Waals surface area contributed by atoms with Gasteiger partial charge in [0.25, 0.3) is 5.91 Å². The molecule has 1 atom stereocenters. The van der Waals surface area contributed by atoms with Crippen molar-refractivity contribution in [2.24, 2.45) is 0 Å². The van der Waals surface area contributed by atoms with Crippen LogP contribution in [0, 0.1) is 5.82 Å². The Morgan fingerprint density at radius 2 is 1.83 bits per heavy atom. The maximum absolute atomic E-state index is 13.0. The smallest absolute Gasteiger partial charge is 0.251 e. The zero-order valence-corrected chi connectivity index (χ0v) is 10.1. The van der Waals surface area contributed by atoms with Gasteiger partial charge in [-0.3, -0.25) is 4.79 Å². The Morgan fingerprint density at radius 3 is 2.50 bits per heavy atom. The van der Waals surface area contributed by atoms with E-state index in [0.717, 1.165) is 5.56 Å².